The quantitative estimate of drug-likeness (QED) is 0.529. The van der Waals surface area contributed by atoms with Crippen LogP contribution in [0.3, 0.4) is 0 Å². The van der Waals surface area contributed by atoms with Crippen LogP contribution < -0.4 is 11.1 Å². The van der Waals surface area contributed by atoms with Gasteiger partial charge in [-0.25, -0.2) is 0 Å². The van der Waals surface area contributed by atoms with Crippen LogP contribution in [0.5, 0.6) is 0 Å². The summed E-state index contributed by atoms with van der Waals surface area (Å²) in [4.78, 5) is 22.1. The highest BCUT2D eigenvalue weighted by Crippen LogP contribution is 2.17. The summed E-state index contributed by atoms with van der Waals surface area (Å²) >= 11 is 3.28. The number of nitrogens with two attached hydrogens (primary N) is 1. The molecule has 0 aliphatic rings. The van der Waals surface area contributed by atoms with Gasteiger partial charge in [0.25, 0.3) is 5.91 Å². The summed E-state index contributed by atoms with van der Waals surface area (Å²) < 4.78 is 0.763. The Morgan fingerprint density at radius 1 is 1.21 bits per heavy atom. The first-order valence-corrected chi connectivity index (χ1v) is 6.84. The standard InChI is InChI=1S/C13H17BrN2O3/c14-10-6-9(7-11(15)8-10)13(19)16-5-3-1-2-4-12(17)18/h6-8H,1-5,15H2,(H,16,19)(H,17,18). The van der Waals surface area contributed by atoms with Crippen molar-refractivity contribution >= 4 is 33.5 Å². The molecule has 6 heteroatoms. The van der Waals surface area contributed by atoms with E-state index < -0.39 is 5.97 Å². The predicted octanol–water partition coefficient (Wildman–Crippen LogP) is 2.41. The number of rotatable bonds is 7. The van der Waals surface area contributed by atoms with E-state index in [0.717, 1.165) is 17.3 Å². The van der Waals surface area contributed by atoms with Gasteiger partial charge in [0.1, 0.15) is 0 Å². The highest BCUT2D eigenvalue weighted by atomic mass is 79.9. The van der Waals surface area contributed by atoms with Gasteiger partial charge in [-0.05, 0) is 31.0 Å². The van der Waals surface area contributed by atoms with Gasteiger partial charge in [-0.2, -0.15) is 0 Å². The molecule has 0 aromatic heterocycles. The summed E-state index contributed by atoms with van der Waals surface area (Å²) in [5.74, 6) is -0.958. The molecular formula is C13H17BrN2O3. The molecule has 0 aliphatic heterocycles. The molecule has 0 aliphatic carbocycles. The number of aliphatic carboxylic acids is 1. The van der Waals surface area contributed by atoms with Gasteiger partial charge < -0.3 is 16.2 Å². The number of anilines is 1. The molecule has 0 unspecified atom stereocenters. The van der Waals surface area contributed by atoms with E-state index in [9.17, 15) is 9.59 Å². The number of halogens is 1. The van der Waals surface area contributed by atoms with Crippen LogP contribution in [0.15, 0.2) is 22.7 Å². The number of unbranched alkanes of at least 4 members (excludes halogenated alkanes) is 2. The summed E-state index contributed by atoms with van der Waals surface area (Å²) in [6, 6.07) is 5.04. The largest absolute Gasteiger partial charge is 0.481 e. The molecule has 0 bridgehead atoms. The van der Waals surface area contributed by atoms with Gasteiger partial charge in [0.05, 0.1) is 0 Å². The first kappa shape index (κ1) is 15.5. The number of carbonyl (C=O) groups excluding carboxylic acids is 1. The van der Waals surface area contributed by atoms with Crippen LogP contribution in [-0.4, -0.2) is 23.5 Å². The fraction of sp³-hybridized carbons (Fsp3) is 0.385. The lowest BCUT2D eigenvalue weighted by atomic mass is 10.1. The molecule has 1 aromatic rings. The minimum Gasteiger partial charge on any atom is -0.481 e. The molecule has 1 aromatic carbocycles. The molecule has 19 heavy (non-hydrogen) atoms. The zero-order valence-electron chi connectivity index (χ0n) is 10.5. The van der Waals surface area contributed by atoms with Crippen LogP contribution in [0.4, 0.5) is 5.69 Å². The molecule has 1 amide bonds. The summed E-state index contributed by atoms with van der Waals surface area (Å²) in [7, 11) is 0. The topological polar surface area (TPSA) is 92.4 Å². The summed E-state index contributed by atoms with van der Waals surface area (Å²) in [5, 5.41) is 11.3. The predicted molar refractivity (Wildman–Crippen MR) is 77.0 cm³/mol. The molecule has 5 nitrogen and oxygen atoms in total. The minimum atomic E-state index is -0.784. The Hall–Kier alpha value is -1.56. The number of nitrogen functional groups attached to an aromatic ring is 1. The monoisotopic (exact) mass is 328 g/mol. The Morgan fingerprint density at radius 3 is 2.58 bits per heavy atom. The first-order valence-electron chi connectivity index (χ1n) is 6.05. The molecule has 0 heterocycles. The lowest BCUT2D eigenvalue weighted by molar-refractivity contribution is -0.137. The van der Waals surface area contributed by atoms with Gasteiger partial charge in [-0.15, -0.1) is 0 Å². The number of benzene rings is 1. The van der Waals surface area contributed by atoms with E-state index >= 15 is 0 Å². The Bertz CT molecular complexity index is 443. The van der Waals surface area contributed by atoms with Crippen LogP contribution >= 0.6 is 15.9 Å². The van der Waals surface area contributed by atoms with Gasteiger partial charge in [0.15, 0.2) is 0 Å². The average molecular weight is 329 g/mol. The molecule has 4 N–H and O–H groups in total. The van der Waals surface area contributed by atoms with E-state index in [2.05, 4.69) is 21.2 Å². The average Bonchev–Trinajstić information content (AvgIpc) is 2.31. The van der Waals surface area contributed by atoms with Gasteiger partial charge in [-0.1, -0.05) is 22.4 Å². The third-order valence-electron chi connectivity index (χ3n) is 2.54. The fourth-order valence-corrected chi connectivity index (χ4v) is 2.14. The van der Waals surface area contributed by atoms with Crippen LogP contribution in [-0.2, 0) is 4.79 Å². The maximum atomic E-state index is 11.8. The second kappa shape index (κ2) is 7.78. The van der Waals surface area contributed by atoms with Gasteiger partial charge >= 0.3 is 5.97 Å². The van der Waals surface area contributed by atoms with Crippen LogP contribution in [0.1, 0.15) is 36.0 Å². The van der Waals surface area contributed by atoms with Crippen molar-refractivity contribution in [2.45, 2.75) is 25.7 Å². The van der Waals surface area contributed by atoms with Crippen molar-refractivity contribution in [3.63, 3.8) is 0 Å². The van der Waals surface area contributed by atoms with Crippen molar-refractivity contribution in [1.82, 2.24) is 5.32 Å². The number of carboxylic acids is 1. The number of hydrogen-bond acceptors (Lipinski definition) is 3. The van der Waals surface area contributed by atoms with Crippen molar-refractivity contribution in [2.24, 2.45) is 0 Å². The summed E-state index contributed by atoms with van der Waals surface area (Å²) in [5.41, 5.74) is 6.69. The lowest BCUT2D eigenvalue weighted by Crippen LogP contribution is -2.24. The number of carbonyl (C=O) groups is 2. The normalized spacial score (nSPS) is 10.2. The third kappa shape index (κ3) is 6.24. The lowest BCUT2D eigenvalue weighted by Gasteiger charge is -2.06. The number of nitrogens with one attached hydrogen (secondary N) is 1. The van der Waals surface area contributed by atoms with Crippen molar-refractivity contribution in [1.29, 1.82) is 0 Å². The van der Waals surface area contributed by atoms with Crippen LogP contribution in [0.25, 0.3) is 0 Å². The van der Waals surface area contributed by atoms with E-state index in [1.54, 1.807) is 18.2 Å². The number of hydrogen-bond donors (Lipinski definition) is 3. The Kier molecular flexibility index (Phi) is 6.35. The van der Waals surface area contributed by atoms with E-state index in [0.29, 0.717) is 24.2 Å². The molecule has 1 rings (SSSR count). The van der Waals surface area contributed by atoms with E-state index in [-0.39, 0.29) is 12.3 Å². The number of amides is 1. The second-order valence-corrected chi connectivity index (χ2v) is 5.15. The van der Waals surface area contributed by atoms with Crippen molar-refractivity contribution < 1.29 is 14.7 Å². The zero-order chi connectivity index (χ0) is 14.3. The molecule has 0 saturated heterocycles. The van der Waals surface area contributed by atoms with Crippen molar-refractivity contribution in [2.75, 3.05) is 12.3 Å². The highest BCUT2D eigenvalue weighted by molar-refractivity contribution is 9.10. The van der Waals surface area contributed by atoms with Crippen molar-refractivity contribution in [3.05, 3.63) is 28.2 Å². The molecule has 104 valence electrons. The van der Waals surface area contributed by atoms with Crippen LogP contribution in [0.2, 0.25) is 0 Å². The second-order valence-electron chi connectivity index (χ2n) is 4.23. The highest BCUT2D eigenvalue weighted by Gasteiger charge is 2.06. The minimum absolute atomic E-state index is 0.175. The Balaban J connectivity index is 2.29. The van der Waals surface area contributed by atoms with Crippen molar-refractivity contribution in [3.8, 4) is 0 Å². The maximum Gasteiger partial charge on any atom is 0.303 e. The van der Waals surface area contributed by atoms with Gasteiger partial charge in [-0.3, -0.25) is 9.59 Å². The van der Waals surface area contributed by atoms with E-state index in [1.807, 2.05) is 0 Å². The van der Waals surface area contributed by atoms with Gasteiger partial charge in [0.2, 0.25) is 0 Å². The summed E-state index contributed by atoms with van der Waals surface area (Å²) in [6.45, 7) is 0.533. The first-order chi connectivity index (χ1) is 8.99. The van der Waals surface area contributed by atoms with Crippen LogP contribution in [0, 0.1) is 0 Å². The van der Waals surface area contributed by atoms with E-state index in [1.165, 1.54) is 0 Å². The molecule has 0 fully saturated rings. The summed E-state index contributed by atoms with van der Waals surface area (Å²) in [6.07, 6.45) is 2.36. The third-order valence-corrected chi connectivity index (χ3v) is 2.99. The Labute approximate surface area is 120 Å². The SMILES string of the molecule is Nc1cc(Br)cc(C(=O)NCCCCCC(=O)O)c1. The van der Waals surface area contributed by atoms with E-state index in [4.69, 9.17) is 10.8 Å². The maximum absolute atomic E-state index is 11.8. The zero-order valence-corrected chi connectivity index (χ0v) is 12.1. The van der Waals surface area contributed by atoms with Gasteiger partial charge in [0, 0.05) is 28.7 Å². The molecular weight excluding hydrogens is 312 g/mol. The Morgan fingerprint density at radius 2 is 1.95 bits per heavy atom. The molecule has 0 radical (unpaired) electrons. The smallest absolute Gasteiger partial charge is 0.303 e. The fourth-order valence-electron chi connectivity index (χ4n) is 1.63. The molecule has 0 saturated carbocycles. The molecule has 0 atom stereocenters. The molecule has 0 spiro atoms. The number of carboxylic acid groups (broad SMARTS) is 1.